The van der Waals surface area contributed by atoms with Gasteiger partial charge in [-0.15, -0.1) is 0 Å². The van der Waals surface area contributed by atoms with Crippen molar-refractivity contribution in [3.05, 3.63) is 11.6 Å². The van der Waals surface area contributed by atoms with E-state index in [2.05, 4.69) is 13.8 Å². The Labute approximate surface area is 160 Å². The van der Waals surface area contributed by atoms with Crippen molar-refractivity contribution >= 4 is 17.5 Å². The van der Waals surface area contributed by atoms with Gasteiger partial charge in [-0.3, -0.25) is 14.4 Å². The van der Waals surface area contributed by atoms with Crippen LogP contribution in [0, 0.1) is 22.7 Å². The number of allylic oxidation sites excluding steroid dienone is 1. The molecule has 6 atom stereocenters. The Kier molecular flexibility index (Phi) is 4.19. The summed E-state index contributed by atoms with van der Waals surface area (Å²) in [5.74, 6) is 0.371. The predicted octanol–water partition coefficient (Wildman–Crippen LogP) is 3.40. The first-order chi connectivity index (χ1) is 12.6. The van der Waals surface area contributed by atoms with Crippen LogP contribution in [0.1, 0.15) is 66.2 Å². The summed E-state index contributed by atoms with van der Waals surface area (Å²) in [6.07, 6.45) is 6.68. The molecule has 4 rings (SSSR count). The molecule has 5 nitrogen and oxygen atoms in total. The Morgan fingerprint density at radius 3 is 2.56 bits per heavy atom. The molecule has 0 radical (unpaired) electrons. The van der Waals surface area contributed by atoms with Crippen molar-refractivity contribution < 1.29 is 23.9 Å². The Morgan fingerprint density at radius 1 is 1.15 bits per heavy atom. The first-order valence-electron chi connectivity index (χ1n) is 10.2. The number of carbonyl (C=O) groups is 3. The number of ether oxygens (including phenoxy) is 2. The number of carbonyl (C=O) groups excluding carboxylic acids is 3. The van der Waals surface area contributed by atoms with Gasteiger partial charge in [-0.2, -0.15) is 0 Å². The molecule has 1 heterocycles. The third kappa shape index (κ3) is 2.43. The van der Waals surface area contributed by atoms with Crippen LogP contribution in [-0.4, -0.2) is 35.8 Å². The molecule has 4 aliphatic rings. The normalized spacial score (nSPS) is 46.0. The summed E-state index contributed by atoms with van der Waals surface area (Å²) in [6.45, 7) is 7.65. The zero-order valence-electron chi connectivity index (χ0n) is 16.8. The summed E-state index contributed by atoms with van der Waals surface area (Å²) in [7, 11) is 0. The van der Waals surface area contributed by atoms with E-state index in [4.69, 9.17) is 9.47 Å². The molecule has 0 unspecified atom stereocenters. The second-order valence-electron chi connectivity index (χ2n) is 9.53. The van der Waals surface area contributed by atoms with Crippen molar-refractivity contribution in [3.8, 4) is 0 Å². The smallest absolute Gasteiger partial charge is 0.303 e. The van der Waals surface area contributed by atoms with Crippen molar-refractivity contribution in [2.24, 2.45) is 22.7 Å². The lowest BCUT2D eigenvalue weighted by atomic mass is 9.53. The number of Topliss-reactive ketones (excluding diaryl/α,β-unsaturated/α-hetero) is 1. The molecular weight excluding hydrogens is 344 g/mol. The first kappa shape index (κ1) is 18.9. The van der Waals surface area contributed by atoms with Crippen LogP contribution in [0.25, 0.3) is 0 Å². The molecule has 1 aliphatic heterocycles. The van der Waals surface area contributed by atoms with Gasteiger partial charge in [0.15, 0.2) is 17.2 Å². The van der Waals surface area contributed by atoms with E-state index in [1.54, 1.807) is 6.92 Å². The van der Waals surface area contributed by atoms with Crippen LogP contribution in [0.4, 0.5) is 0 Å². The molecule has 3 aliphatic carbocycles. The van der Waals surface area contributed by atoms with Crippen molar-refractivity contribution in [1.82, 2.24) is 0 Å². The maximum atomic E-state index is 12.7. The van der Waals surface area contributed by atoms with Crippen LogP contribution in [0.3, 0.4) is 0 Å². The Bertz CT molecular complexity index is 739. The second-order valence-corrected chi connectivity index (χ2v) is 9.53. The van der Waals surface area contributed by atoms with Crippen LogP contribution < -0.4 is 0 Å². The molecule has 0 bridgehead atoms. The molecule has 148 valence electrons. The van der Waals surface area contributed by atoms with E-state index < -0.39 is 17.0 Å². The third-order valence-electron chi connectivity index (χ3n) is 8.24. The second kappa shape index (κ2) is 6.00. The summed E-state index contributed by atoms with van der Waals surface area (Å²) in [6, 6.07) is 0. The lowest BCUT2D eigenvalue weighted by Crippen LogP contribution is -2.63. The van der Waals surface area contributed by atoms with Gasteiger partial charge in [-0.05, 0) is 56.9 Å². The fourth-order valence-electron chi connectivity index (χ4n) is 6.82. The highest BCUT2D eigenvalue weighted by Gasteiger charge is 2.68. The first-order valence-corrected chi connectivity index (χ1v) is 10.2. The SMILES string of the molecule is CC(=O)O[C@]1(C(C)=O)CC[C@H]2[C@@H]3CCC4=CC(=O)CC[C@]4(C)[C@H]3OC[C@@]21C. The number of fused-ring (bicyclic) bond motifs is 5. The maximum Gasteiger partial charge on any atom is 0.303 e. The van der Waals surface area contributed by atoms with Crippen molar-refractivity contribution in [2.45, 2.75) is 77.9 Å². The molecule has 0 amide bonds. The number of hydrogen-bond acceptors (Lipinski definition) is 5. The summed E-state index contributed by atoms with van der Waals surface area (Å²) in [4.78, 5) is 36.4. The molecule has 1 saturated heterocycles. The molecule has 27 heavy (non-hydrogen) atoms. The topological polar surface area (TPSA) is 69.7 Å². The maximum absolute atomic E-state index is 12.7. The predicted molar refractivity (Wildman–Crippen MR) is 98.9 cm³/mol. The molecule has 0 aromatic carbocycles. The van der Waals surface area contributed by atoms with Crippen molar-refractivity contribution in [1.29, 1.82) is 0 Å². The quantitative estimate of drug-likeness (QED) is 0.693. The monoisotopic (exact) mass is 374 g/mol. The van der Waals surface area contributed by atoms with Gasteiger partial charge < -0.3 is 9.47 Å². The lowest BCUT2D eigenvalue weighted by molar-refractivity contribution is -0.222. The van der Waals surface area contributed by atoms with Crippen LogP contribution in [-0.2, 0) is 23.9 Å². The fourth-order valence-corrected chi connectivity index (χ4v) is 6.82. The van der Waals surface area contributed by atoms with Gasteiger partial charge in [0.25, 0.3) is 0 Å². The van der Waals surface area contributed by atoms with Gasteiger partial charge in [0.05, 0.1) is 12.7 Å². The summed E-state index contributed by atoms with van der Waals surface area (Å²) >= 11 is 0. The minimum Gasteiger partial charge on any atom is -0.451 e. The van der Waals surface area contributed by atoms with E-state index in [9.17, 15) is 14.4 Å². The van der Waals surface area contributed by atoms with Crippen LogP contribution >= 0.6 is 0 Å². The van der Waals surface area contributed by atoms with Gasteiger partial charge >= 0.3 is 5.97 Å². The average Bonchev–Trinajstić information content (AvgIpc) is 2.89. The molecule has 2 saturated carbocycles. The van der Waals surface area contributed by atoms with Crippen molar-refractivity contribution in [2.75, 3.05) is 6.61 Å². The van der Waals surface area contributed by atoms with E-state index in [1.165, 1.54) is 12.5 Å². The van der Waals surface area contributed by atoms with Gasteiger partial charge in [-0.1, -0.05) is 19.4 Å². The fraction of sp³-hybridized carbons (Fsp3) is 0.773. The molecule has 0 aromatic heterocycles. The minimum absolute atomic E-state index is 0.0729. The average molecular weight is 374 g/mol. The zero-order valence-corrected chi connectivity index (χ0v) is 16.8. The van der Waals surface area contributed by atoms with E-state index in [0.717, 1.165) is 25.7 Å². The molecule has 0 aromatic rings. The van der Waals surface area contributed by atoms with Crippen LogP contribution in [0.15, 0.2) is 11.6 Å². The molecule has 5 heteroatoms. The van der Waals surface area contributed by atoms with E-state index in [1.807, 2.05) is 6.08 Å². The van der Waals surface area contributed by atoms with E-state index in [0.29, 0.717) is 25.4 Å². The van der Waals surface area contributed by atoms with Gasteiger partial charge in [0.2, 0.25) is 0 Å². The number of rotatable bonds is 2. The largest absolute Gasteiger partial charge is 0.451 e. The van der Waals surface area contributed by atoms with Crippen LogP contribution in [0.5, 0.6) is 0 Å². The Balaban J connectivity index is 1.70. The Hall–Kier alpha value is -1.49. The summed E-state index contributed by atoms with van der Waals surface area (Å²) < 4.78 is 12.2. The standard InChI is InChI=1S/C22H30O5/c1-13(23)22(27-14(2)24)10-8-18-17-6-5-15-11-16(25)7-9-20(15,3)19(17)26-12-21(18,22)4/h11,17-19H,5-10,12H2,1-4H3/t17-,18-,19-,20-,21-,22-/m0/s1. The van der Waals surface area contributed by atoms with Crippen LogP contribution in [0.2, 0.25) is 0 Å². The zero-order chi connectivity index (χ0) is 19.6. The summed E-state index contributed by atoms with van der Waals surface area (Å²) in [5, 5.41) is 0. The highest BCUT2D eigenvalue weighted by Crippen LogP contribution is 2.64. The molecular formula is C22H30O5. The van der Waals surface area contributed by atoms with Gasteiger partial charge in [0.1, 0.15) is 0 Å². The van der Waals surface area contributed by atoms with Crippen molar-refractivity contribution in [3.63, 3.8) is 0 Å². The molecule has 3 fully saturated rings. The third-order valence-corrected chi connectivity index (χ3v) is 8.24. The van der Waals surface area contributed by atoms with Gasteiger partial charge in [0, 0.05) is 24.2 Å². The highest BCUT2D eigenvalue weighted by atomic mass is 16.6. The molecule has 0 spiro atoms. The number of hydrogen-bond donors (Lipinski definition) is 0. The molecule has 0 N–H and O–H groups in total. The Morgan fingerprint density at radius 2 is 1.89 bits per heavy atom. The number of ketones is 2. The van der Waals surface area contributed by atoms with Gasteiger partial charge in [-0.25, -0.2) is 0 Å². The van der Waals surface area contributed by atoms with E-state index >= 15 is 0 Å². The number of esters is 1. The highest BCUT2D eigenvalue weighted by molar-refractivity contribution is 5.91. The van der Waals surface area contributed by atoms with E-state index in [-0.39, 0.29) is 29.0 Å². The minimum atomic E-state index is -1.08. The summed E-state index contributed by atoms with van der Waals surface area (Å²) in [5.41, 5.74) is -0.428. The lowest BCUT2D eigenvalue weighted by Gasteiger charge is -2.58.